The van der Waals surface area contributed by atoms with Gasteiger partial charge in [-0.25, -0.2) is 18.3 Å². The highest BCUT2D eigenvalue weighted by Crippen LogP contribution is 2.36. The number of aromatic nitrogens is 7. The summed E-state index contributed by atoms with van der Waals surface area (Å²) in [5, 5.41) is 19.0. The zero-order valence-corrected chi connectivity index (χ0v) is 34.3. The van der Waals surface area contributed by atoms with E-state index < -0.39 is 23.9 Å². The Labute approximate surface area is 355 Å². The molecule has 1 saturated carbocycles. The van der Waals surface area contributed by atoms with Crippen molar-refractivity contribution in [3.05, 3.63) is 65.4 Å². The summed E-state index contributed by atoms with van der Waals surface area (Å²) in [7, 11) is 1.83. The number of nitrogens with zero attached hydrogens (tertiary/aromatic N) is 9. The molecule has 4 aliphatic rings. The minimum absolute atomic E-state index is 0.0616. The lowest BCUT2D eigenvalue weighted by Crippen LogP contribution is -2.42. The van der Waals surface area contributed by atoms with Crippen LogP contribution in [0.4, 0.5) is 20.3 Å². The van der Waals surface area contributed by atoms with E-state index in [4.69, 9.17) is 9.47 Å². The number of imide groups is 1. The van der Waals surface area contributed by atoms with Gasteiger partial charge in [0.1, 0.15) is 24.6 Å². The summed E-state index contributed by atoms with van der Waals surface area (Å²) in [5.74, 6) is 5.27. The molecular formula is C43H47F2N11O6. The molecule has 1 atom stereocenters. The van der Waals surface area contributed by atoms with Crippen molar-refractivity contribution in [2.75, 3.05) is 56.2 Å². The van der Waals surface area contributed by atoms with E-state index in [0.29, 0.717) is 43.6 Å². The van der Waals surface area contributed by atoms with E-state index in [1.807, 2.05) is 25.2 Å². The monoisotopic (exact) mass is 851 g/mol. The summed E-state index contributed by atoms with van der Waals surface area (Å²) < 4.78 is 44.6. The number of alkyl halides is 2. The van der Waals surface area contributed by atoms with Crippen LogP contribution in [0, 0.1) is 17.8 Å². The Morgan fingerprint density at radius 1 is 1.05 bits per heavy atom. The highest BCUT2D eigenvalue weighted by Gasteiger charge is 2.33. The van der Waals surface area contributed by atoms with Crippen LogP contribution in [0.25, 0.3) is 16.6 Å². The fourth-order valence-corrected chi connectivity index (χ4v) is 9.15. The maximum absolute atomic E-state index is 14.2. The van der Waals surface area contributed by atoms with Crippen LogP contribution < -0.4 is 15.5 Å². The van der Waals surface area contributed by atoms with Crippen LogP contribution >= 0.6 is 0 Å². The summed E-state index contributed by atoms with van der Waals surface area (Å²) in [6.07, 6.45) is 7.58. The molecule has 3 saturated heterocycles. The number of piperidine rings is 2. The number of nitrogens with one attached hydrogen (secondary N) is 2. The maximum atomic E-state index is 14.2. The molecule has 0 radical (unpaired) electrons. The summed E-state index contributed by atoms with van der Waals surface area (Å²) >= 11 is 0. The third kappa shape index (κ3) is 8.54. The smallest absolute Gasteiger partial charge is 0.284 e. The molecular weight excluding hydrogens is 805 g/mol. The molecule has 17 nitrogen and oxygen atoms in total. The molecule has 3 aliphatic heterocycles. The van der Waals surface area contributed by atoms with Gasteiger partial charge in [-0.1, -0.05) is 24.0 Å². The van der Waals surface area contributed by atoms with E-state index in [0.717, 1.165) is 74.6 Å². The van der Waals surface area contributed by atoms with Crippen LogP contribution in [-0.4, -0.2) is 115 Å². The van der Waals surface area contributed by atoms with E-state index in [9.17, 15) is 28.0 Å². The Balaban J connectivity index is 0.746. The first-order valence-electron chi connectivity index (χ1n) is 21.1. The van der Waals surface area contributed by atoms with Crippen LogP contribution in [0.1, 0.15) is 97.1 Å². The van der Waals surface area contributed by atoms with Gasteiger partial charge >= 0.3 is 0 Å². The molecule has 4 fully saturated rings. The number of ether oxygens (including phenoxy) is 2. The van der Waals surface area contributed by atoms with Gasteiger partial charge in [-0.05, 0) is 63.0 Å². The van der Waals surface area contributed by atoms with Gasteiger partial charge in [-0.3, -0.25) is 38.8 Å². The highest BCUT2D eigenvalue weighted by molar-refractivity contribution is 6.08. The molecule has 62 heavy (non-hydrogen) atoms. The van der Waals surface area contributed by atoms with Gasteiger partial charge in [-0.15, -0.1) is 0 Å². The molecule has 7 heterocycles. The molecule has 19 heteroatoms. The first kappa shape index (κ1) is 41.3. The Morgan fingerprint density at radius 3 is 2.65 bits per heavy atom. The predicted molar refractivity (Wildman–Crippen MR) is 220 cm³/mol. The van der Waals surface area contributed by atoms with Crippen molar-refractivity contribution < 1.29 is 37.4 Å². The molecule has 5 aromatic rings. The number of amides is 4. The second-order valence-corrected chi connectivity index (χ2v) is 16.4. The largest absolute Gasteiger partial charge is 0.370 e. The van der Waals surface area contributed by atoms with Crippen LogP contribution in [0.15, 0.2) is 42.9 Å². The Morgan fingerprint density at radius 2 is 1.87 bits per heavy atom. The van der Waals surface area contributed by atoms with Gasteiger partial charge in [0.2, 0.25) is 11.8 Å². The molecule has 0 bridgehead atoms. The number of fused-ring (bicyclic) bond motifs is 2. The first-order valence-corrected chi connectivity index (χ1v) is 21.1. The zero-order valence-electron chi connectivity index (χ0n) is 34.3. The molecule has 1 aliphatic carbocycles. The molecule has 4 aromatic heterocycles. The molecule has 9 rings (SSSR count). The van der Waals surface area contributed by atoms with E-state index in [1.165, 1.54) is 21.8 Å². The normalized spacial score (nSPS) is 21.7. The number of carbonyl (C=O) groups excluding carboxylic acids is 4. The van der Waals surface area contributed by atoms with Crippen molar-refractivity contribution in [3.8, 4) is 11.8 Å². The molecule has 0 spiro atoms. The van der Waals surface area contributed by atoms with Gasteiger partial charge in [-0.2, -0.15) is 15.3 Å². The van der Waals surface area contributed by atoms with E-state index in [-0.39, 0.29) is 59.8 Å². The molecule has 1 unspecified atom stereocenters. The van der Waals surface area contributed by atoms with Crippen LogP contribution in [0.3, 0.4) is 0 Å². The number of anilines is 2. The quantitative estimate of drug-likeness (QED) is 0.152. The molecule has 2 N–H and O–H groups in total. The van der Waals surface area contributed by atoms with Crippen molar-refractivity contribution in [2.24, 2.45) is 13.0 Å². The number of hydrogen-bond donors (Lipinski definition) is 2. The Hall–Kier alpha value is -6.10. The molecule has 1 aromatic carbocycles. The SMILES string of the molecule is Cn1nc(C2CCC(=O)NC2=O)c2cccc(C#CCOC3CCN(C[C@H]4CC[C@H](n5cc(NC(=O)c6cnn7ccc(N8CCOCC8=O)nc67)c(C(F)F)n5)CC4)CC3)c21. The lowest BCUT2D eigenvalue weighted by molar-refractivity contribution is -0.134. The van der Waals surface area contributed by atoms with Crippen LogP contribution in [-0.2, 0) is 30.9 Å². The maximum Gasteiger partial charge on any atom is 0.284 e. The number of hydrogen-bond acceptors (Lipinski definition) is 11. The van der Waals surface area contributed by atoms with E-state index >= 15 is 0 Å². The number of para-hydroxylation sites is 1. The lowest BCUT2D eigenvalue weighted by atomic mass is 9.85. The number of morpholine rings is 1. The van der Waals surface area contributed by atoms with Gasteiger partial charge in [0.05, 0.1) is 59.9 Å². The number of benzene rings is 1. The minimum atomic E-state index is -2.90. The van der Waals surface area contributed by atoms with Gasteiger partial charge < -0.3 is 19.7 Å². The Kier molecular flexibility index (Phi) is 11.8. The van der Waals surface area contributed by atoms with Crippen molar-refractivity contribution in [1.82, 2.24) is 44.4 Å². The van der Waals surface area contributed by atoms with Gasteiger partial charge in [0.25, 0.3) is 18.2 Å². The minimum Gasteiger partial charge on any atom is -0.370 e. The third-order valence-corrected chi connectivity index (χ3v) is 12.4. The standard InChI is InChI=1S/C43H47F2N11O6/c1-52-39-27(4-2-6-30(39)37(50-52)31-11-12-35(57)49-42(31)59)5-3-20-62-29-13-16-53(17-14-29)23-26-7-9-28(10-8-26)56-24-33(38(51-56)40(44)45)47-43(60)32-22-46-55-18-15-34(48-41(32)55)54-19-21-61-25-36(54)58/h2,4,6,15,18,22,24,26,28-29,31,40H,7-14,16-17,19-21,23,25H2,1H3,(H,47,60)(H,49,57,59)/t26-,28-,31?. The Bertz CT molecular complexity index is 2580. The number of carbonyl (C=O) groups is 4. The van der Waals surface area contributed by atoms with E-state index in [1.54, 1.807) is 21.6 Å². The number of likely N-dealkylation sites (tertiary alicyclic amines) is 1. The van der Waals surface area contributed by atoms with Gasteiger partial charge in [0.15, 0.2) is 11.3 Å². The average molecular weight is 852 g/mol. The van der Waals surface area contributed by atoms with E-state index in [2.05, 4.69) is 47.7 Å². The summed E-state index contributed by atoms with van der Waals surface area (Å²) in [6, 6.07) is 7.32. The number of rotatable bonds is 10. The average Bonchev–Trinajstić information content (AvgIpc) is 3.99. The predicted octanol–water partition coefficient (Wildman–Crippen LogP) is 4.15. The van der Waals surface area contributed by atoms with Gasteiger partial charge in [0, 0.05) is 50.9 Å². The summed E-state index contributed by atoms with van der Waals surface area (Å²) in [6.45, 7) is 3.71. The van der Waals surface area contributed by atoms with Crippen molar-refractivity contribution in [3.63, 3.8) is 0 Å². The second kappa shape index (κ2) is 17.7. The molecule has 324 valence electrons. The van der Waals surface area contributed by atoms with Crippen LogP contribution in [0.5, 0.6) is 0 Å². The summed E-state index contributed by atoms with van der Waals surface area (Å²) in [5.41, 5.74) is 2.01. The summed E-state index contributed by atoms with van der Waals surface area (Å²) in [4.78, 5) is 58.5. The van der Waals surface area contributed by atoms with Crippen molar-refractivity contribution >= 4 is 51.7 Å². The number of aryl methyl sites for hydroxylation is 1. The zero-order chi connectivity index (χ0) is 42.9. The second-order valence-electron chi connectivity index (χ2n) is 16.4. The highest BCUT2D eigenvalue weighted by atomic mass is 19.3. The number of halogens is 2. The topological polar surface area (TPSA) is 183 Å². The fraction of sp³-hybridized carbons (Fsp3) is 0.488. The molecule has 4 amide bonds. The van der Waals surface area contributed by atoms with Crippen molar-refractivity contribution in [1.29, 1.82) is 0 Å². The fourth-order valence-electron chi connectivity index (χ4n) is 9.15. The lowest BCUT2D eigenvalue weighted by Gasteiger charge is -2.36. The van der Waals surface area contributed by atoms with Crippen molar-refractivity contribution in [2.45, 2.75) is 75.9 Å². The third-order valence-electron chi connectivity index (χ3n) is 12.4. The first-order chi connectivity index (χ1) is 30.1. The van der Waals surface area contributed by atoms with Crippen LogP contribution in [0.2, 0.25) is 0 Å².